The summed E-state index contributed by atoms with van der Waals surface area (Å²) in [6.45, 7) is 6.66. The Hall–Kier alpha value is -0.340. The lowest BCUT2D eigenvalue weighted by atomic mass is 10.2. The lowest BCUT2D eigenvalue weighted by molar-refractivity contribution is 0.475. The van der Waals surface area contributed by atoms with Gasteiger partial charge in [0.05, 0.1) is 15.0 Å². The van der Waals surface area contributed by atoms with Crippen LogP contribution < -0.4 is 0 Å². The zero-order valence-electron chi connectivity index (χ0n) is 14.0. The highest BCUT2D eigenvalue weighted by atomic mass is 35.5. The average molecular weight is 414 g/mol. The van der Waals surface area contributed by atoms with Crippen LogP contribution in [0, 0.1) is 6.92 Å². The van der Waals surface area contributed by atoms with Crippen molar-refractivity contribution in [2.24, 2.45) is 0 Å². The molecule has 1 fully saturated rings. The van der Waals surface area contributed by atoms with Gasteiger partial charge in [0.25, 0.3) is 0 Å². The van der Waals surface area contributed by atoms with Crippen LogP contribution in [0.1, 0.15) is 32.8 Å². The van der Waals surface area contributed by atoms with Crippen LogP contribution in [-0.4, -0.2) is 44.2 Å². The largest absolute Gasteiger partial charge is 0.244 e. The number of benzene rings is 1. The van der Waals surface area contributed by atoms with Crippen molar-refractivity contribution in [2.75, 3.05) is 13.1 Å². The van der Waals surface area contributed by atoms with Crippen LogP contribution in [0.15, 0.2) is 17.0 Å². The van der Waals surface area contributed by atoms with Crippen LogP contribution in [-0.2, 0) is 19.9 Å². The van der Waals surface area contributed by atoms with E-state index >= 15 is 0 Å². The minimum absolute atomic E-state index is 0.0349. The molecule has 0 aliphatic carbocycles. The van der Waals surface area contributed by atoms with Gasteiger partial charge < -0.3 is 0 Å². The Bertz CT molecular complexity index is 858. The maximum atomic E-state index is 12.8. The maximum Gasteiger partial charge on any atom is 0.244 e. The van der Waals surface area contributed by atoms with E-state index < -0.39 is 29.9 Å². The second-order valence-corrected chi connectivity index (χ2v) is 12.7. The first-order valence-corrected chi connectivity index (χ1v) is 11.2. The highest BCUT2D eigenvalue weighted by Crippen LogP contribution is 2.34. The number of sulfone groups is 1. The van der Waals surface area contributed by atoms with Gasteiger partial charge in [-0.2, -0.15) is 4.31 Å². The van der Waals surface area contributed by atoms with Gasteiger partial charge in [-0.1, -0.05) is 23.2 Å². The zero-order valence-corrected chi connectivity index (χ0v) is 17.2. The molecule has 0 radical (unpaired) electrons. The van der Waals surface area contributed by atoms with Gasteiger partial charge in [-0.25, -0.2) is 16.8 Å². The van der Waals surface area contributed by atoms with Crippen LogP contribution in [0.4, 0.5) is 0 Å². The lowest BCUT2D eigenvalue weighted by Gasteiger charge is -2.24. The Morgan fingerprint density at radius 2 is 1.67 bits per heavy atom. The third-order valence-corrected chi connectivity index (χ3v) is 9.94. The molecule has 1 aromatic carbocycles. The van der Waals surface area contributed by atoms with Gasteiger partial charge in [0.1, 0.15) is 4.90 Å². The number of sulfonamides is 1. The summed E-state index contributed by atoms with van der Waals surface area (Å²) in [5, 5.41) is -0.291. The fraction of sp³-hybridized carbons (Fsp3) is 0.600. The predicted molar refractivity (Wildman–Crippen MR) is 97.0 cm³/mol. The van der Waals surface area contributed by atoms with E-state index in [0.717, 1.165) is 0 Å². The first-order valence-electron chi connectivity index (χ1n) is 7.47. The molecule has 1 aliphatic rings. The van der Waals surface area contributed by atoms with Crippen LogP contribution in [0.25, 0.3) is 0 Å². The fourth-order valence-corrected chi connectivity index (χ4v) is 6.83. The van der Waals surface area contributed by atoms with E-state index in [1.165, 1.54) is 16.4 Å². The predicted octanol–water partition coefficient (Wildman–Crippen LogP) is 3.28. The van der Waals surface area contributed by atoms with Crippen LogP contribution >= 0.6 is 23.2 Å². The molecule has 0 spiro atoms. The number of rotatable bonds is 3. The Morgan fingerprint density at radius 1 is 1.08 bits per heavy atom. The van der Waals surface area contributed by atoms with Gasteiger partial charge in [0.2, 0.25) is 10.0 Å². The summed E-state index contributed by atoms with van der Waals surface area (Å²) in [5.41, 5.74) is 0.595. The molecule has 1 aromatic rings. The molecule has 0 saturated carbocycles. The molecular weight excluding hydrogens is 393 g/mol. The van der Waals surface area contributed by atoms with Crippen LogP contribution in [0.5, 0.6) is 0 Å². The molecule has 1 saturated heterocycles. The SMILES string of the molecule is Cc1cc(S(=O)(=O)N2CC[C@H](S(=O)(=O)C(C)(C)C)C2)c(Cl)cc1Cl. The molecule has 0 aromatic heterocycles. The topological polar surface area (TPSA) is 71.5 Å². The maximum absolute atomic E-state index is 12.8. The van der Waals surface area contributed by atoms with Crippen molar-refractivity contribution in [3.63, 3.8) is 0 Å². The third-order valence-electron chi connectivity index (χ3n) is 4.23. The minimum Gasteiger partial charge on any atom is -0.228 e. The zero-order chi connectivity index (χ0) is 18.5. The van der Waals surface area contributed by atoms with Gasteiger partial charge in [-0.05, 0) is 51.8 Å². The van der Waals surface area contributed by atoms with Gasteiger partial charge >= 0.3 is 0 Å². The second kappa shape index (κ2) is 6.43. The van der Waals surface area contributed by atoms with Crippen molar-refractivity contribution in [1.82, 2.24) is 4.31 Å². The Morgan fingerprint density at radius 3 is 2.21 bits per heavy atom. The van der Waals surface area contributed by atoms with Crippen molar-refractivity contribution in [3.8, 4) is 0 Å². The Labute approximate surface area is 153 Å². The van der Waals surface area contributed by atoms with Crippen molar-refractivity contribution in [3.05, 3.63) is 27.7 Å². The highest BCUT2D eigenvalue weighted by Gasteiger charge is 2.44. The molecule has 5 nitrogen and oxygen atoms in total. The van der Waals surface area contributed by atoms with E-state index in [4.69, 9.17) is 23.2 Å². The number of hydrogen-bond donors (Lipinski definition) is 0. The molecule has 0 N–H and O–H groups in total. The summed E-state index contributed by atoms with van der Waals surface area (Å²) < 4.78 is 51.1. The first-order chi connectivity index (χ1) is 10.8. The summed E-state index contributed by atoms with van der Waals surface area (Å²) in [6, 6.07) is 2.82. The van der Waals surface area contributed by atoms with E-state index in [1.54, 1.807) is 27.7 Å². The molecular formula is C15H21Cl2NO4S2. The number of aryl methyl sites for hydroxylation is 1. The van der Waals surface area contributed by atoms with Gasteiger partial charge in [-0.3, -0.25) is 0 Å². The molecule has 1 heterocycles. The van der Waals surface area contributed by atoms with Gasteiger partial charge in [0, 0.05) is 18.1 Å². The summed E-state index contributed by atoms with van der Waals surface area (Å²) in [4.78, 5) is -0.0418. The fourth-order valence-electron chi connectivity index (χ4n) is 2.64. The quantitative estimate of drug-likeness (QED) is 0.761. The minimum atomic E-state index is -3.87. The molecule has 24 heavy (non-hydrogen) atoms. The third kappa shape index (κ3) is 3.46. The standard InChI is InChI=1S/C15H21Cl2NO4S2/c1-10-7-14(13(17)8-12(10)16)24(21,22)18-6-5-11(9-18)23(19,20)15(2,3)4/h7-8,11H,5-6,9H2,1-4H3/t11-/m0/s1. The number of hydrogen-bond acceptors (Lipinski definition) is 4. The normalized spacial score (nSPS) is 20.5. The second-order valence-electron chi connectivity index (χ2n) is 6.96. The molecule has 1 aliphatic heterocycles. The molecule has 9 heteroatoms. The number of halogens is 2. The summed E-state index contributed by atoms with van der Waals surface area (Å²) in [5.74, 6) is 0. The van der Waals surface area contributed by atoms with E-state index in [2.05, 4.69) is 0 Å². The van der Waals surface area contributed by atoms with Crippen molar-refractivity contribution >= 4 is 43.1 Å². The van der Waals surface area contributed by atoms with Gasteiger partial charge in [-0.15, -0.1) is 0 Å². The Balaban J connectivity index is 2.36. The van der Waals surface area contributed by atoms with E-state index in [0.29, 0.717) is 10.6 Å². The molecule has 0 amide bonds. The van der Waals surface area contributed by atoms with Crippen molar-refractivity contribution < 1.29 is 16.8 Å². The van der Waals surface area contributed by atoms with Crippen LogP contribution in [0.3, 0.4) is 0 Å². The summed E-state index contributed by atoms with van der Waals surface area (Å²) in [6.07, 6.45) is 0.281. The Kier molecular flexibility index (Phi) is 5.35. The smallest absolute Gasteiger partial charge is 0.228 e. The van der Waals surface area contributed by atoms with Gasteiger partial charge in [0.15, 0.2) is 9.84 Å². The van der Waals surface area contributed by atoms with Crippen molar-refractivity contribution in [2.45, 2.75) is 49.0 Å². The summed E-state index contributed by atoms with van der Waals surface area (Å²) in [7, 11) is -7.31. The summed E-state index contributed by atoms with van der Waals surface area (Å²) >= 11 is 12.0. The molecule has 136 valence electrons. The molecule has 0 bridgehead atoms. The lowest BCUT2D eigenvalue weighted by Crippen LogP contribution is -2.39. The number of nitrogens with zero attached hydrogens (tertiary/aromatic N) is 1. The van der Waals surface area contributed by atoms with E-state index in [9.17, 15) is 16.8 Å². The molecule has 2 rings (SSSR count). The van der Waals surface area contributed by atoms with Crippen LogP contribution in [0.2, 0.25) is 10.0 Å². The average Bonchev–Trinajstić information content (AvgIpc) is 2.92. The van der Waals surface area contributed by atoms with E-state index in [-0.39, 0.29) is 29.4 Å². The first kappa shape index (κ1) is 20.0. The molecule has 0 unspecified atom stereocenters. The monoisotopic (exact) mass is 413 g/mol. The van der Waals surface area contributed by atoms with Crippen molar-refractivity contribution in [1.29, 1.82) is 0 Å². The molecule has 1 atom stereocenters. The van der Waals surface area contributed by atoms with E-state index in [1.807, 2.05) is 0 Å². The highest BCUT2D eigenvalue weighted by molar-refractivity contribution is 7.93.